The average Bonchev–Trinajstić information content (AvgIpc) is 2.98. The molecule has 0 N–H and O–H groups in total. The van der Waals surface area contributed by atoms with E-state index in [1.807, 2.05) is 0 Å². The Hall–Kier alpha value is -3.10. The number of hydrogen-bond acceptors (Lipinski definition) is 2. The molecule has 0 radical (unpaired) electrons. The second kappa shape index (κ2) is 10.2. The third-order valence-electron chi connectivity index (χ3n) is 9.16. The average molecular weight is 504 g/mol. The second-order valence-electron chi connectivity index (χ2n) is 11.9. The van der Waals surface area contributed by atoms with Gasteiger partial charge in [0.15, 0.2) is 0 Å². The van der Waals surface area contributed by atoms with E-state index < -0.39 is 0 Å². The van der Waals surface area contributed by atoms with E-state index in [0.717, 1.165) is 19.0 Å². The first kappa shape index (κ1) is 25.2. The van der Waals surface area contributed by atoms with Gasteiger partial charge in [-0.05, 0) is 103 Å². The SMILES string of the molecule is CC1=CC(c2ccc(N3C[C@@H](C)O[C@H](C)C3)cc2)=C(C)c2cccc(-c3ccc(C4CCC4)cc3)c2C1C. The van der Waals surface area contributed by atoms with Crippen LogP contribution < -0.4 is 4.90 Å². The fourth-order valence-corrected chi connectivity index (χ4v) is 6.66. The maximum Gasteiger partial charge on any atom is 0.0726 e. The number of allylic oxidation sites excluding steroid dienone is 4. The molecule has 1 saturated carbocycles. The third-order valence-corrected chi connectivity index (χ3v) is 9.16. The Bertz CT molecular complexity index is 1360. The van der Waals surface area contributed by atoms with Crippen LogP contribution in [0, 0.1) is 0 Å². The molecule has 0 spiro atoms. The van der Waals surface area contributed by atoms with Crippen LogP contribution in [0.3, 0.4) is 0 Å². The molecule has 1 unspecified atom stereocenters. The second-order valence-corrected chi connectivity index (χ2v) is 11.9. The quantitative estimate of drug-likeness (QED) is 0.352. The van der Waals surface area contributed by atoms with E-state index in [2.05, 4.69) is 112 Å². The van der Waals surface area contributed by atoms with Gasteiger partial charge in [-0.1, -0.05) is 79.6 Å². The molecule has 3 atom stereocenters. The van der Waals surface area contributed by atoms with Crippen LogP contribution in [0.15, 0.2) is 78.4 Å². The Balaban J connectivity index is 1.37. The molecule has 3 aromatic rings. The summed E-state index contributed by atoms with van der Waals surface area (Å²) in [5.74, 6) is 1.13. The maximum atomic E-state index is 5.95. The molecule has 0 amide bonds. The van der Waals surface area contributed by atoms with Crippen molar-refractivity contribution >= 4 is 16.8 Å². The number of fused-ring (bicyclic) bond motifs is 1. The Labute approximate surface area is 229 Å². The molecule has 196 valence electrons. The summed E-state index contributed by atoms with van der Waals surface area (Å²) in [6, 6.07) is 25.5. The molecule has 1 aliphatic heterocycles. The van der Waals surface area contributed by atoms with Gasteiger partial charge in [-0.25, -0.2) is 0 Å². The van der Waals surface area contributed by atoms with E-state index >= 15 is 0 Å². The van der Waals surface area contributed by atoms with Gasteiger partial charge in [0.25, 0.3) is 0 Å². The molecule has 3 aliphatic rings. The number of benzene rings is 3. The number of hydrogen-bond donors (Lipinski definition) is 0. The minimum absolute atomic E-state index is 0.261. The Morgan fingerprint density at radius 2 is 1.37 bits per heavy atom. The van der Waals surface area contributed by atoms with Gasteiger partial charge in [-0.2, -0.15) is 0 Å². The highest BCUT2D eigenvalue weighted by atomic mass is 16.5. The summed E-state index contributed by atoms with van der Waals surface area (Å²) >= 11 is 0. The van der Waals surface area contributed by atoms with Gasteiger partial charge in [0.2, 0.25) is 0 Å². The van der Waals surface area contributed by atoms with Crippen molar-refractivity contribution in [2.75, 3.05) is 18.0 Å². The molecule has 2 heteroatoms. The lowest BCUT2D eigenvalue weighted by Crippen LogP contribution is -2.45. The molecule has 2 aliphatic carbocycles. The van der Waals surface area contributed by atoms with Crippen LogP contribution >= 0.6 is 0 Å². The minimum atomic E-state index is 0.261. The summed E-state index contributed by atoms with van der Waals surface area (Å²) in [6.07, 6.45) is 7.02. The Morgan fingerprint density at radius 1 is 0.737 bits per heavy atom. The third kappa shape index (κ3) is 4.64. The van der Waals surface area contributed by atoms with Gasteiger partial charge in [0, 0.05) is 24.7 Å². The highest BCUT2D eigenvalue weighted by Gasteiger charge is 2.25. The summed E-state index contributed by atoms with van der Waals surface area (Å²) in [7, 11) is 0. The van der Waals surface area contributed by atoms with Gasteiger partial charge < -0.3 is 9.64 Å². The summed E-state index contributed by atoms with van der Waals surface area (Å²) in [4.78, 5) is 2.46. The van der Waals surface area contributed by atoms with E-state index in [0.29, 0.717) is 5.92 Å². The smallest absolute Gasteiger partial charge is 0.0726 e. The summed E-state index contributed by atoms with van der Waals surface area (Å²) in [5, 5.41) is 0. The molecule has 6 rings (SSSR count). The first-order valence-electron chi connectivity index (χ1n) is 14.5. The molecular formula is C36H41NO. The van der Waals surface area contributed by atoms with E-state index in [1.165, 1.54) is 75.0 Å². The fourth-order valence-electron chi connectivity index (χ4n) is 6.66. The van der Waals surface area contributed by atoms with Crippen molar-refractivity contribution in [3.05, 3.63) is 101 Å². The van der Waals surface area contributed by atoms with E-state index in [4.69, 9.17) is 4.74 Å². The lowest BCUT2D eigenvalue weighted by Gasteiger charge is -2.37. The zero-order chi connectivity index (χ0) is 26.4. The van der Waals surface area contributed by atoms with Crippen LogP contribution in [0.4, 0.5) is 5.69 Å². The standard InChI is InChI=1S/C36H41NO/c1-23-20-35(31-16-18-32(19-17-31)37-21-24(2)38-25(3)22-37)27(5)33-10-7-11-34(36(33)26(23)4)30-14-12-29(13-15-30)28-8-6-9-28/h7,10-20,24-26,28H,6,8-9,21-22H2,1-5H3/t24-,25-,26?/m1/s1. The fraction of sp³-hybridized carbons (Fsp3) is 0.389. The molecule has 1 heterocycles. The van der Waals surface area contributed by atoms with Crippen molar-refractivity contribution < 1.29 is 4.74 Å². The lowest BCUT2D eigenvalue weighted by atomic mass is 9.79. The lowest BCUT2D eigenvalue weighted by molar-refractivity contribution is -0.00521. The molecule has 0 aromatic heterocycles. The largest absolute Gasteiger partial charge is 0.372 e. The zero-order valence-corrected chi connectivity index (χ0v) is 23.6. The molecule has 0 bridgehead atoms. The van der Waals surface area contributed by atoms with Gasteiger partial charge in [0.1, 0.15) is 0 Å². The molecule has 2 nitrogen and oxygen atoms in total. The Morgan fingerprint density at radius 3 is 2.00 bits per heavy atom. The van der Waals surface area contributed by atoms with Crippen LogP contribution in [0.1, 0.15) is 88.0 Å². The van der Waals surface area contributed by atoms with Crippen LogP contribution in [-0.2, 0) is 4.74 Å². The number of morpholine rings is 1. The molecule has 2 fully saturated rings. The number of rotatable bonds is 4. The van der Waals surface area contributed by atoms with Crippen LogP contribution in [0.2, 0.25) is 0 Å². The van der Waals surface area contributed by atoms with E-state index in [-0.39, 0.29) is 12.2 Å². The first-order valence-corrected chi connectivity index (χ1v) is 14.5. The molecular weight excluding hydrogens is 462 g/mol. The predicted molar refractivity (Wildman–Crippen MR) is 162 cm³/mol. The van der Waals surface area contributed by atoms with Crippen molar-refractivity contribution in [1.29, 1.82) is 0 Å². The highest BCUT2D eigenvalue weighted by Crippen LogP contribution is 2.44. The van der Waals surface area contributed by atoms with Crippen molar-refractivity contribution in [1.82, 2.24) is 0 Å². The van der Waals surface area contributed by atoms with Crippen molar-refractivity contribution in [2.24, 2.45) is 0 Å². The van der Waals surface area contributed by atoms with Crippen LogP contribution in [0.5, 0.6) is 0 Å². The van der Waals surface area contributed by atoms with Gasteiger partial charge in [-0.3, -0.25) is 0 Å². The maximum absolute atomic E-state index is 5.95. The number of anilines is 1. The topological polar surface area (TPSA) is 12.5 Å². The van der Waals surface area contributed by atoms with Gasteiger partial charge in [0.05, 0.1) is 12.2 Å². The number of ether oxygens (including phenoxy) is 1. The van der Waals surface area contributed by atoms with Gasteiger partial charge >= 0.3 is 0 Å². The molecule has 3 aromatic carbocycles. The monoisotopic (exact) mass is 503 g/mol. The van der Waals surface area contributed by atoms with Crippen molar-refractivity contribution in [3.8, 4) is 11.1 Å². The zero-order valence-electron chi connectivity index (χ0n) is 23.6. The van der Waals surface area contributed by atoms with Gasteiger partial charge in [-0.15, -0.1) is 0 Å². The van der Waals surface area contributed by atoms with Crippen LogP contribution in [0.25, 0.3) is 22.3 Å². The van der Waals surface area contributed by atoms with Crippen molar-refractivity contribution in [2.45, 2.75) is 77.9 Å². The summed E-state index contributed by atoms with van der Waals surface area (Å²) in [6.45, 7) is 13.2. The number of nitrogens with zero attached hydrogens (tertiary/aromatic N) is 1. The predicted octanol–water partition coefficient (Wildman–Crippen LogP) is 9.23. The minimum Gasteiger partial charge on any atom is -0.372 e. The summed E-state index contributed by atoms with van der Waals surface area (Å²) < 4.78 is 5.95. The van der Waals surface area contributed by atoms with Crippen molar-refractivity contribution in [3.63, 3.8) is 0 Å². The highest BCUT2D eigenvalue weighted by molar-refractivity contribution is 5.98. The molecule has 38 heavy (non-hydrogen) atoms. The Kier molecular flexibility index (Phi) is 6.78. The van der Waals surface area contributed by atoms with Crippen LogP contribution in [-0.4, -0.2) is 25.3 Å². The van der Waals surface area contributed by atoms with E-state index in [9.17, 15) is 0 Å². The summed E-state index contributed by atoms with van der Waals surface area (Å²) in [5.41, 5.74) is 13.7. The van der Waals surface area contributed by atoms with E-state index in [1.54, 1.807) is 0 Å². The first-order chi connectivity index (χ1) is 18.4. The molecule has 1 saturated heterocycles. The normalized spacial score (nSPS) is 24.0.